The molecule has 63 heavy (non-hydrogen) atoms. The lowest BCUT2D eigenvalue weighted by Gasteiger charge is -2.11. The zero-order valence-electron chi connectivity index (χ0n) is 34.1. The van der Waals surface area contributed by atoms with Crippen molar-refractivity contribution in [1.29, 1.82) is 0 Å². The van der Waals surface area contributed by atoms with Crippen molar-refractivity contribution in [1.82, 2.24) is 0 Å². The van der Waals surface area contributed by atoms with Gasteiger partial charge >= 0.3 is 0 Å². The lowest BCUT2D eigenvalue weighted by Crippen LogP contribution is -1.94. The fraction of sp³-hybridized carbons (Fsp3) is 0.167. The maximum absolute atomic E-state index is 10.1. The normalized spacial score (nSPS) is 8.95. The largest absolute Gasteiger partial charge is 0.495 e. The van der Waals surface area contributed by atoms with Gasteiger partial charge in [0.05, 0.1) is 64.7 Å². The van der Waals surface area contributed by atoms with Gasteiger partial charge in [-0.2, -0.15) is 25.0 Å². The summed E-state index contributed by atoms with van der Waals surface area (Å²) in [6.45, 7) is 1.89. The second kappa shape index (κ2) is 30.3. The number of isocyanates is 5. The van der Waals surface area contributed by atoms with Crippen LogP contribution in [0.15, 0.2) is 104 Å². The lowest BCUT2D eigenvalue weighted by atomic mass is 10.2. The van der Waals surface area contributed by atoms with Gasteiger partial charge in [0.25, 0.3) is 0 Å². The van der Waals surface area contributed by atoms with Gasteiger partial charge < -0.3 is 28.4 Å². The fourth-order valence-corrected chi connectivity index (χ4v) is 5.42. The summed E-state index contributed by atoms with van der Waals surface area (Å²) in [5, 5.41) is 2.38. The minimum Gasteiger partial charge on any atom is -0.495 e. The first kappa shape index (κ1) is 54.3. The van der Waals surface area contributed by atoms with Crippen LogP contribution < -0.4 is 28.4 Å². The summed E-state index contributed by atoms with van der Waals surface area (Å²) < 4.78 is 30.1. The Balaban J connectivity index is 0.000000396. The standard InChI is InChI=1S/C10H11NO4.C9H8ClNO3.C8H6ClNO2.C8H6ClNO.C7H3Cl2NO/c1-13-8-4-7(11-6-12)5-9(14-2)10(8)15-3;1-13-8-4-9(14-2)7(11-5-12)3-6(8)10;1-12-8-3-2-6(9)4-7(8)10-5-11;1-6-2-3-7(10-5-11)4-8(6)9;8-5-1-6(9)3-7(2-5)10-4-11/h4-5H,1-3H3;3-4H,1-2H3;2-4H,1H3;2-4H,1H3;1-3H. The SMILES string of the molecule is COc1cc(N=C=O)cc(OC)c1OC.COc1cc(OC)c(N=C=O)cc1Cl.COc1ccc(Cl)cc1N=C=O.Cc1ccc(N=C=O)cc1Cl.O=C=Nc1cc(Cl)cc(Cl)c1. The van der Waals surface area contributed by atoms with Crippen molar-refractivity contribution in [2.24, 2.45) is 25.0 Å². The quantitative estimate of drug-likeness (QED) is 0.0900. The van der Waals surface area contributed by atoms with Crippen LogP contribution in [0.1, 0.15) is 5.56 Å². The number of aliphatic imine (C=N–C) groups is 5. The Labute approximate surface area is 386 Å². The van der Waals surface area contributed by atoms with Crippen LogP contribution in [0.4, 0.5) is 28.4 Å². The van der Waals surface area contributed by atoms with Gasteiger partial charge in [-0.25, -0.2) is 24.0 Å². The number of hydrogen-bond acceptors (Lipinski definition) is 16. The summed E-state index contributed by atoms with van der Waals surface area (Å²) in [5.74, 6) is 2.74. The van der Waals surface area contributed by atoms with E-state index < -0.39 is 0 Å². The topological polar surface area (TPSA) is 203 Å². The highest BCUT2D eigenvalue weighted by atomic mass is 35.5. The van der Waals surface area contributed by atoms with Gasteiger partial charge in [0.1, 0.15) is 28.6 Å². The molecular formula is C42H34Cl5N5O11. The van der Waals surface area contributed by atoms with Crippen molar-refractivity contribution in [2.45, 2.75) is 6.92 Å². The van der Waals surface area contributed by atoms with Crippen molar-refractivity contribution in [3.8, 4) is 34.5 Å². The average molecular weight is 962 g/mol. The number of benzene rings is 5. The van der Waals surface area contributed by atoms with E-state index in [1.54, 1.807) is 54.6 Å². The first-order valence-electron chi connectivity index (χ1n) is 16.9. The number of rotatable bonds is 11. The number of nitrogens with zero attached hydrogens (tertiary/aromatic N) is 5. The smallest absolute Gasteiger partial charge is 0.240 e. The predicted octanol–water partition coefficient (Wildman–Crippen LogP) is 11.9. The van der Waals surface area contributed by atoms with Gasteiger partial charge in [-0.05, 0) is 67.1 Å². The van der Waals surface area contributed by atoms with Crippen LogP contribution in [-0.4, -0.2) is 73.1 Å². The fourth-order valence-electron chi connectivity index (χ4n) is 4.33. The van der Waals surface area contributed by atoms with Gasteiger partial charge in [-0.3, -0.25) is 0 Å². The molecule has 0 aliphatic carbocycles. The third kappa shape index (κ3) is 19.2. The van der Waals surface area contributed by atoms with Gasteiger partial charge in [-0.15, -0.1) is 0 Å². The molecule has 0 bridgehead atoms. The van der Waals surface area contributed by atoms with Crippen LogP contribution in [0.3, 0.4) is 0 Å². The van der Waals surface area contributed by atoms with Crippen LogP contribution in [0.2, 0.25) is 25.1 Å². The van der Waals surface area contributed by atoms with E-state index in [4.69, 9.17) is 86.4 Å². The molecule has 0 amide bonds. The van der Waals surface area contributed by atoms with E-state index in [-0.39, 0.29) is 0 Å². The molecule has 0 N–H and O–H groups in total. The van der Waals surface area contributed by atoms with E-state index >= 15 is 0 Å². The van der Waals surface area contributed by atoms with Crippen LogP contribution in [-0.2, 0) is 24.0 Å². The first-order chi connectivity index (χ1) is 30.2. The average Bonchev–Trinajstić information content (AvgIpc) is 3.26. The van der Waals surface area contributed by atoms with E-state index in [1.807, 2.05) is 6.92 Å². The molecule has 0 radical (unpaired) electrons. The van der Waals surface area contributed by atoms with Crippen molar-refractivity contribution < 1.29 is 52.4 Å². The summed E-state index contributed by atoms with van der Waals surface area (Å²) >= 11 is 28.5. The van der Waals surface area contributed by atoms with Gasteiger partial charge in [0.2, 0.25) is 36.1 Å². The summed E-state index contributed by atoms with van der Waals surface area (Å²) in [7, 11) is 8.93. The molecule has 5 aromatic carbocycles. The summed E-state index contributed by atoms with van der Waals surface area (Å²) in [4.78, 5) is 66.9. The molecule has 0 fully saturated rings. The molecule has 0 atom stereocenters. The number of aryl methyl sites for hydroxylation is 1. The summed E-state index contributed by atoms with van der Waals surface area (Å²) in [6.07, 6.45) is 7.13. The Kier molecular flexibility index (Phi) is 26.1. The summed E-state index contributed by atoms with van der Waals surface area (Å²) in [6, 6.07) is 20.7. The van der Waals surface area contributed by atoms with Crippen molar-refractivity contribution in [2.75, 3.05) is 42.7 Å². The zero-order valence-corrected chi connectivity index (χ0v) is 37.9. The van der Waals surface area contributed by atoms with E-state index in [9.17, 15) is 24.0 Å². The second-order valence-corrected chi connectivity index (χ2v) is 13.1. The highest BCUT2D eigenvalue weighted by Gasteiger charge is 2.13. The van der Waals surface area contributed by atoms with E-state index in [2.05, 4.69) is 25.0 Å². The van der Waals surface area contributed by atoms with E-state index in [0.717, 1.165) is 5.56 Å². The molecule has 16 nitrogen and oxygen atoms in total. The minimum atomic E-state index is 0.327. The molecule has 5 aromatic rings. The molecule has 0 heterocycles. The van der Waals surface area contributed by atoms with Gasteiger partial charge in [0.15, 0.2) is 11.5 Å². The van der Waals surface area contributed by atoms with Crippen molar-refractivity contribution >= 4 is 117 Å². The molecule has 0 saturated heterocycles. The molecule has 0 aliphatic heterocycles. The Bertz CT molecular complexity index is 2520. The Morgan fingerprint density at radius 3 is 1.29 bits per heavy atom. The molecule has 0 aliphatic rings. The molecule has 21 heteroatoms. The number of ether oxygens (including phenoxy) is 6. The third-order valence-electron chi connectivity index (χ3n) is 7.10. The maximum atomic E-state index is 10.1. The number of halogens is 5. The molecule has 0 spiro atoms. The van der Waals surface area contributed by atoms with Crippen LogP contribution in [0.25, 0.3) is 0 Å². The van der Waals surface area contributed by atoms with E-state index in [0.29, 0.717) is 88.0 Å². The number of methoxy groups -OCH3 is 6. The third-order valence-corrected chi connectivity index (χ3v) is 8.48. The zero-order chi connectivity index (χ0) is 47.3. The van der Waals surface area contributed by atoms with Crippen LogP contribution in [0.5, 0.6) is 34.5 Å². The minimum absolute atomic E-state index is 0.327. The maximum Gasteiger partial charge on any atom is 0.240 e. The molecular weight excluding hydrogens is 928 g/mol. The number of carbonyl (C=O) groups excluding carboxylic acids is 5. The number of hydrogen-bond donors (Lipinski definition) is 0. The highest BCUT2D eigenvalue weighted by molar-refractivity contribution is 6.35. The van der Waals surface area contributed by atoms with Crippen LogP contribution >= 0.6 is 58.0 Å². The molecule has 0 aromatic heterocycles. The van der Waals surface area contributed by atoms with Gasteiger partial charge in [0, 0.05) is 38.3 Å². The molecule has 5 rings (SSSR count). The molecule has 328 valence electrons. The Morgan fingerprint density at radius 2 is 0.841 bits per heavy atom. The Hall–Kier alpha value is -6.75. The Morgan fingerprint density at radius 1 is 0.381 bits per heavy atom. The van der Waals surface area contributed by atoms with Crippen molar-refractivity contribution in [3.63, 3.8) is 0 Å². The van der Waals surface area contributed by atoms with Crippen molar-refractivity contribution in [3.05, 3.63) is 110 Å². The summed E-state index contributed by atoms with van der Waals surface area (Å²) in [5.41, 5.74) is 3.04. The first-order valence-corrected chi connectivity index (χ1v) is 18.8. The monoisotopic (exact) mass is 959 g/mol. The van der Waals surface area contributed by atoms with Crippen LogP contribution in [0, 0.1) is 6.92 Å². The van der Waals surface area contributed by atoms with Gasteiger partial charge in [-0.1, -0.05) is 64.1 Å². The van der Waals surface area contributed by atoms with E-state index in [1.165, 1.54) is 97.3 Å². The lowest BCUT2D eigenvalue weighted by molar-refractivity contribution is 0.324. The molecule has 0 unspecified atom stereocenters. The predicted molar refractivity (Wildman–Crippen MR) is 240 cm³/mol. The molecule has 0 saturated carbocycles. The highest BCUT2D eigenvalue weighted by Crippen LogP contribution is 2.41. The second-order valence-electron chi connectivity index (χ2n) is 10.9.